The number of rotatable bonds is 3. The first-order chi connectivity index (χ1) is 6.56. The van der Waals surface area contributed by atoms with E-state index >= 15 is 0 Å². The van der Waals surface area contributed by atoms with Crippen LogP contribution in [-0.4, -0.2) is 11.7 Å². The summed E-state index contributed by atoms with van der Waals surface area (Å²) >= 11 is 3.10. The van der Waals surface area contributed by atoms with Crippen LogP contribution in [0.3, 0.4) is 0 Å². The van der Waals surface area contributed by atoms with Crippen LogP contribution in [-0.2, 0) is 0 Å². The molecule has 0 radical (unpaired) electrons. The van der Waals surface area contributed by atoms with E-state index < -0.39 is 0 Å². The Kier molecular flexibility index (Phi) is 3.89. The van der Waals surface area contributed by atoms with Gasteiger partial charge in [0.1, 0.15) is 11.6 Å². The average molecular weight is 262 g/mol. The van der Waals surface area contributed by atoms with Gasteiger partial charge < -0.3 is 10.8 Å². The van der Waals surface area contributed by atoms with Crippen molar-refractivity contribution in [2.24, 2.45) is 5.73 Å². The maximum atomic E-state index is 13.0. The monoisotopic (exact) mass is 261 g/mol. The summed E-state index contributed by atoms with van der Waals surface area (Å²) in [6, 6.07) is 2.59. The van der Waals surface area contributed by atoms with Gasteiger partial charge in [0.15, 0.2) is 0 Å². The fourth-order valence-corrected chi connectivity index (χ4v) is 1.81. The Labute approximate surface area is 91.1 Å². The molecule has 0 aliphatic heterocycles. The highest BCUT2D eigenvalue weighted by atomic mass is 79.9. The summed E-state index contributed by atoms with van der Waals surface area (Å²) < 4.78 is 13.4. The van der Waals surface area contributed by atoms with Crippen molar-refractivity contribution in [2.75, 3.05) is 6.54 Å². The van der Waals surface area contributed by atoms with E-state index in [0.29, 0.717) is 16.6 Å². The molecule has 0 bridgehead atoms. The molecular formula is C10H13BrFNO. The normalized spacial score (nSPS) is 12.9. The largest absolute Gasteiger partial charge is 0.506 e. The lowest BCUT2D eigenvalue weighted by Crippen LogP contribution is -2.05. The quantitative estimate of drug-likeness (QED) is 0.879. The van der Waals surface area contributed by atoms with Crippen molar-refractivity contribution in [3.8, 4) is 5.75 Å². The van der Waals surface area contributed by atoms with Crippen molar-refractivity contribution in [3.63, 3.8) is 0 Å². The van der Waals surface area contributed by atoms with Gasteiger partial charge in [-0.25, -0.2) is 4.39 Å². The number of phenols is 1. The molecule has 4 heteroatoms. The molecule has 0 amide bonds. The number of benzene rings is 1. The first kappa shape index (κ1) is 11.5. The molecule has 0 aromatic heterocycles. The SMILES string of the molecule is CC(CCN)c1cc(F)cc(Br)c1O. The fraction of sp³-hybridized carbons (Fsp3) is 0.400. The summed E-state index contributed by atoms with van der Waals surface area (Å²) in [5.74, 6) is -0.187. The zero-order chi connectivity index (χ0) is 10.7. The van der Waals surface area contributed by atoms with E-state index in [4.69, 9.17) is 5.73 Å². The van der Waals surface area contributed by atoms with Crippen LogP contribution in [0.2, 0.25) is 0 Å². The number of nitrogens with two attached hydrogens (primary N) is 1. The standard InChI is InChI=1S/C10H13BrFNO/c1-6(2-3-13)8-4-7(12)5-9(11)10(8)14/h4-6,14H,2-3,13H2,1H3. The minimum atomic E-state index is -0.353. The van der Waals surface area contributed by atoms with Gasteiger partial charge in [-0.15, -0.1) is 0 Å². The number of hydrogen-bond donors (Lipinski definition) is 2. The molecule has 0 spiro atoms. The van der Waals surface area contributed by atoms with Crippen molar-refractivity contribution in [3.05, 3.63) is 28.0 Å². The van der Waals surface area contributed by atoms with E-state index in [1.807, 2.05) is 6.92 Å². The average Bonchev–Trinajstić information content (AvgIpc) is 2.11. The first-order valence-corrected chi connectivity index (χ1v) is 5.23. The van der Waals surface area contributed by atoms with Gasteiger partial charge in [0.05, 0.1) is 4.47 Å². The molecule has 0 saturated carbocycles. The fourth-order valence-electron chi connectivity index (χ4n) is 1.37. The van der Waals surface area contributed by atoms with Gasteiger partial charge >= 0.3 is 0 Å². The molecular weight excluding hydrogens is 249 g/mol. The third kappa shape index (κ3) is 2.45. The van der Waals surface area contributed by atoms with E-state index in [0.717, 1.165) is 6.42 Å². The highest BCUT2D eigenvalue weighted by Gasteiger charge is 2.13. The van der Waals surface area contributed by atoms with Crippen molar-refractivity contribution >= 4 is 15.9 Å². The highest BCUT2D eigenvalue weighted by Crippen LogP contribution is 2.34. The summed E-state index contributed by atoms with van der Waals surface area (Å²) in [4.78, 5) is 0. The molecule has 0 heterocycles. The number of halogens is 2. The summed E-state index contributed by atoms with van der Waals surface area (Å²) in [5, 5.41) is 9.66. The Morgan fingerprint density at radius 1 is 1.57 bits per heavy atom. The van der Waals surface area contributed by atoms with Crippen LogP contribution in [0.4, 0.5) is 4.39 Å². The Hall–Kier alpha value is -0.610. The van der Waals surface area contributed by atoms with Gasteiger partial charge in [-0.05, 0) is 46.9 Å². The zero-order valence-electron chi connectivity index (χ0n) is 7.93. The van der Waals surface area contributed by atoms with E-state index in [2.05, 4.69) is 15.9 Å². The molecule has 2 nitrogen and oxygen atoms in total. The molecule has 0 aliphatic rings. The van der Waals surface area contributed by atoms with Crippen LogP contribution in [0, 0.1) is 5.82 Å². The molecule has 0 fully saturated rings. The molecule has 1 unspecified atom stereocenters. The summed E-state index contributed by atoms with van der Waals surface area (Å²) in [6.07, 6.45) is 0.726. The molecule has 1 atom stereocenters. The third-order valence-electron chi connectivity index (χ3n) is 2.19. The minimum absolute atomic E-state index is 0.0620. The number of phenolic OH excluding ortho intramolecular Hbond substituents is 1. The molecule has 0 saturated heterocycles. The third-order valence-corrected chi connectivity index (χ3v) is 2.79. The molecule has 1 aromatic carbocycles. The van der Waals surface area contributed by atoms with E-state index in [9.17, 15) is 9.50 Å². The molecule has 3 N–H and O–H groups in total. The number of aromatic hydroxyl groups is 1. The van der Waals surface area contributed by atoms with Gasteiger partial charge in [-0.1, -0.05) is 6.92 Å². The van der Waals surface area contributed by atoms with E-state index in [1.54, 1.807) is 0 Å². The highest BCUT2D eigenvalue weighted by molar-refractivity contribution is 9.10. The van der Waals surface area contributed by atoms with Crippen LogP contribution >= 0.6 is 15.9 Å². The van der Waals surface area contributed by atoms with Crippen LogP contribution < -0.4 is 5.73 Å². The van der Waals surface area contributed by atoms with Crippen LogP contribution in [0.25, 0.3) is 0 Å². The Balaban J connectivity index is 3.07. The lowest BCUT2D eigenvalue weighted by Gasteiger charge is -2.13. The first-order valence-electron chi connectivity index (χ1n) is 4.44. The van der Waals surface area contributed by atoms with Crippen LogP contribution in [0.5, 0.6) is 5.75 Å². The van der Waals surface area contributed by atoms with Crippen LogP contribution in [0.1, 0.15) is 24.8 Å². The second-order valence-electron chi connectivity index (χ2n) is 3.30. The Morgan fingerprint density at radius 3 is 2.79 bits per heavy atom. The Bertz CT molecular complexity index is 330. The molecule has 1 rings (SSSR count). The van der Waals surface area contributed by atoms with Crippen molar-refractivity contribution in [1.29, 1.82) is 0 Å². The second kappa shape index (κ2) is 4.75. The molecule has 14 heavy (non-hydrogen) atoms. The summed E-state index contributed by atoms with van der Waals surface area (Å²) in [5.41, 5.74) is 6.01. The van der Waals surface area contributed by atoms with Gasteiger partial charge in [0, 0.05) is 5.56 Å². The van der Waals surface area contributed by atoms with E-state index in [1.165, 1.54) is 12.1 Å². The maximum Gasteiger partial charge on any atom is 0.133 e. The van der Waals surface area contributed by atoms with E-state index in [-0.39, 0.29) is 17.5 Å². The molecule has 1 aromatic rings. The molecule has 0 aliphatic carbocycles. The second-order valence-corrected chi connectivity index (χ2v) is 4.16. The summed E-state index contributed by atoms with van der Waals surface area (Å²) in [7, 11) is 0. The summed E-state index contributed by atoms with van der Waals surface area (Å²) in [6.45, 7) is 2.43. The predicted octanol–water partition coefficient (Wildman–Crippen LogP) is 2.75. The minimum Gasteiger partial charge on any atom is -0.506 e. The van der Waals surface area contributed by atoms with Crippen molar-refractivity contribution in [1.82, 2.24) is 0 Å². The van der Waals surface area contributed by atoms with Gasteiger partial charge in [0.2, 0.25) is 0 Å². The van der Waals surface area contributed by atoms with Crippen molar-refractivity contribution in [2.45, 2.75) is 19.3 Å². The lowest BCUT2D eigenvalue weighted by molar-refractivity contribution is 0.454. The smallest absolute Gasteiger partial charge is 0.133 e. The van der Waals surface area contributed by atoms with Gasteiger partial charge in [-0.3, -0.25) is 0 Å². The van der Waals surface area contributed by atoms with Crippen LogP contribution in [0.15, 0.2) is 16.6 Å². The van der Waals surface area contributed by atoms with Gasteiger partial charge in [0.25, 0.3) is 0 Å². The number of hydrogen-bond acceptors (Lipinski definition) is 2. The topological polar surface area (TPSA) is 46.2 Å². The van der Waals surface area contributed by atoms with Gasteiger partial charge in [-0.2, -0.15) is 0 Å². The Morgan fingerprint density at radius 2 is 2.21 bits per heavy atom. The lowest BCUT2D eigenvalue weighted by atomic mass is 9.97. The zero-order valence-corrected chi connectivity index (χ0v) is 9.51. The molecule has 78 valence electrons. The van der Waals surface area contributed by atoms with Crippen molar-refractivity contribution < 1.29 is 9.50 Å². The maximum absolute atomic E-state index is 13.0. The predicted molar refractivity (Wildman–Crippen MR) is 57.9 cm³/mol.